The number of ether oxygens (including phenoxy) is 1. The van der Waals surface area contributed by atoms with E-state index in [4.69, 9.17) is 16.3 Å². The quantitative estimate of drug-likeness (QED) is 0.577. The summed E-state index contributed by atoms with van der Waals surface area (Å²) in [6.45, 7) is 1.78. The maximum absolute atomic E-state index is 14.5. The number of hydrogen-bond acceptors (Lipinski definition) is 6. The van der Waals surface area contributed by atoms with Crippen molar-refractivity contribution in [2.45, 2.75) is 19.1 Å². The van der Waals surface area contributed by atoms with Crippen molar-refractivity contribution < 1.29 is 17.5 Å². The van der Waals surface area contributed by atoms with E-state index in [0.29, 0.717) is 29.0 Å². The van der Waals surface area contributed by atoms with Gasteiger partial charge in [0.2, 0.25) is 0 Å². The second-order valence-corrected chi connectivity index (χ2v) is 8.68. The minimum Gasteiger partial charge on any atom is -0.495 e. The summed E-state index contributed by atoms with van der Waals surface area (Å²) in [5.41, 5.74) is 1.32. The van der Waals surface area contributed by atoms with Crippen LogP contribution in [-0.4, -0.2) is 41.3 Å². The van der Waals surface area contributed by atoms with Gasteiger partial charge in [-0.1, -0.05) is 29.8 Å². The van der Waals surface area contributed by atoms with E-state index in [2.05, 4.69) is 15.3 Å². The van der Waals surface area contributed by atoms with Crippen molar-refractivity contribution in [2.24, 2.45) is 0 Å². The van der Waals surface area contributed by atoms with E-state index in [1.54, 1.807) is 25.4 Å². The number of benzene rings is 1. The van der Waals surface area contributed by atoms with Crippen LogP contribution in [0.4, 0.5) is 4.39 Å². The van der Waals surface area contributed by atoms with Crippen molar-refractivity contribution in [3.05, 3.63) is 53.2 Å². The maximum Gasteiger partial charge on any atom is 0.154 e. The zero-order chi connectivity index (χ0) is 20.3. The third-order valence-corrected chi connectivity index (χ3v) is 6.21. The van der Waals surface area contributed by atoms with Crippen molar-refractivity contribution >= 4 is 21.4 Å². The maximum atomic E-state index is 14.5. The van der Waals surface area contributed by atoms with Crippen LogP contribution in [0, 0.1) is 5.82 Å². The molecule has 10 heteroatoms. The number of aromatic nitrogens is 4. The summed E-state index contributed by atoms with van der Waals surface area (Å²) in [7, 11) is -1.82. The van der Waals surface area contributed by atoms with Gasteiger partial charge >= 0.3 is 0 Å². The topological polar surface area (TPSA) is 87.0 Å². The van der Waals surface area contributed by atoms with Gasteiger partial charge in [-0.2, -0.15) is 0 Å². The minimum absolute atomic E-state index is 0.0140. The lowest BCUT2D eigenvalue weighted by Gasteiger charge is -2.10. The Bertz CT molecular complexity index is 1100. The van der Waals surface area contributed by atoms with Gasteiger partial charge in [-0.3, -0.25) is 4.98 Å². The Morgan fingerprint density at radius 3 is 2.79 bits per heavy atom. The largest absolute Gasteiger partial charge is 0.495 e. The van der Waals surface area contributed by atoms with Crippen LogP contribution in [0.15, 0.2) is 36.8 Å². The Hall–Kier alpha value is -2.52. The second kappa shape index (κ2) is 8.24. The van der Waals surface area contributed by atoms with E-state index < -0.39 is 15.7 Å². The van der Waals surface area contributed by atoms with Crippen LogP contribution >= 0.6 is 11.6 Å². The summed E-state index contributed by atoms with van der Waals surface area (Å²) in [5, 5.41) is 7.95. The first-order valence-electron chi connectivity index (χ1n) is 8.44. The van der Waals surface area contributed by atoms with Crippen molar-refractivity contribution in [1.29, 1.82) is 0 Å². The zero-order valence-corrected chi connectivity index (χ0v) is 16.8. The highest BCUT2D eigenvalue weighted by molar-refractivity contribution is 7.90. The lowest BCUT2D eigenvalue weighted by Crippen LogP contribution is -2.10. The van der Waals surface area contributed by atoms with E-state index in [0.717, 1.165) is 0 Å². The number of methoxy groups -OCH3 is 1. The van der Waals surface area contributed by atoms with Gasteiger partial charge in [0.15, 0.2) is 9.84 Å². The summed E-state index contributed by atoms with van der Waals surface area (Å²) >= 11 is 6.33. The average Bonchev–Trinajstić information content (AvgIpc) is 3.14. The van der Waals surface area contributed by atoms with E-state index in [1.807, 2.05) is 0 Å². The van der Waals surface area contributed by atoms with E-state index in [1.165, 1.54) is 30.1 Å². The van der Waals surface area contributed by atoms with Crippen LogP contribution in [-0.2, 0) is 15.6 Å². The molecule has 0 aliphatic rings. The predicted octanol–water partition coefficient (Wildman–Crippen LogP) is 3.46. The van der Waals surface area contributed by atoms with Crippen molar-refractivity contribution in [1.82, 2.24) is 20.0 Å². The molecule has 0 saturated carbocycles. The number of sulfone groups is 1. The van der Waals surface area contributed by atoms with Crippen LogP contribution in [0.5, 0.6) is 5.75 Å². The molecule has 148 valence electrons. The molecular weight excluding hydrogens is 407 g/mol. The highest BCUT2D eigenvalue weighted by Crippen LogP contribution is 2.30. The van der Waals surface area contributed by atoms with Crippen LogP contribution in [0.1, 0.15) is 18.9 Å². The van der Waals surface area contributed by atoms with Crippen LogP contribution in [0.2, 0.25) is 5.02 Å². The third kappa shape index (κ3) is 4.31. The number of rotatable bonds is 7. The highest BCUT2D eigenvalue weighted by Gasteiger charge is 2.20. The van der Waals surface area contributed by atoms with Crippen molar-refractivity contribution in [2.75, 3.05) is 12.9 Å². The molecule has 0 amide bonds. The fourth-order valence-corrected chi connectivity index (χ4v) is 4.57. The second-order valence-electron chi connectivity index (χ2n) is 6.12. The number of hydrogen-bond donors (Lipinski definition) is 0. The normalized spacial score (nSPS) is 11.6. The molecule has 7 nitrogen and oxygen atoms in total. The molecule has 3 aromatic rings. The van der Waals surface area contributed by atoms with Crippen LogP contribution in [0.3, 0.4) is 0 Å². The van der Waals surface area contributed by atoms with E-state index >= 15 is 0 Å². The van der Waals surface area contributed by atoms with Gasteiger partial charge in [0.05, 0.1) is 36.0 Å². The molecular formula is C18H18ClFN4O3S. The molecule has 0 fully saturated rings. The monoisotopic (exact) mass is 424 g/mol. The molecule has 0 aliphatic carbocycles. The molecule has 0 atom stereocenters. The molecule has 28 heavy (non-hydrogen) atoms. The minimum atomic E-state index is -3.34. The van der Waals surface area contributed by atoms with Crippen molar-refractivity contribution in [3.8, 4) is 22.7 Å². The lowest BCUT2D eigenvalue weighted by atomic mass is 10.2. The smallest absolute Gasteiger partial charge is 0.154 e. The summed E-state index contributed by atoms with van der Waals surface area (Å²) in [4.78, 5) is 4.05. The van der Waals surface area contributed by atoms with Crippen LogP contribution in [0.25, 0.3) is 16.9 Å². The molecule has 0 saturated heterocycles. The Balaban J connectivity index is 2.00. The molecule has 0 radical (unpaired) electrons. The molecule has 0 N–H and O–H groups in total. The predicted molar refractivity (Wildman–Crippen MR) is 104 cm³/mol. The molecule has 1 aromatic carbocycles. The zero-order valence-electron chi connectivity index (χ0n) is 15.3. The van der Waals surface area contributed by atoms with Gasteiger partial charge in [-0.05, 0) is 24.1 Å². The summed E-state index contributed by atoms with van der Waals surface area (Å²) in [6.07, 6.45) is 5.10. The van der Waals surface area contributed by atoms with Gasteiger partial charge in [0.1, 0.15) is 22.9 Å². The van der Waals surface area contributed by atoms with E-state index in [9.17, 15) is 12.8 Å². The Morgan fingerprint density at radius 1 is 1.29 bits per heavy atom. The average molecular weight is 425 g/mol. The number of halogens is 2. The summed E-state index contributed by atoms with van der Waals surface area (Å²) in [5.74, 6) is -0.332. The van der Waals surface area contributed by atoms with Gasteiger partial charge in [-0.15, -0.1) is 5.10 Å². The van der Waals surface area contributed by atoms with E-state index in [-0.39, 0.29) is 22.2 Å². The van der Waals surface area contributed by atoms with Crippen molar-refractivity contribution in [3.63, 3.8) is 0 Å². The van der Waals surface area contributed by atoms with Gasteiger partial charge < -0.3 is 4.74 Å². The summed E-state index contributed by atoms with van der Waals surface area (Å²) < 4.78 is 45.0. The Labute approximate surface area is 167 Å². The standard InChI is InChI=1S/C18H18ClFN4O3S/c1-3-6-28(25,26)11-12-4-5-15(20)18(17(12)19)24-10-16(22-23-24)13-7-14(27-2)9-21-8-13/h4-5,7-10H,3,6,11H2,1-2H3. The first kappa shape index (κ1) is 20.2. The molecule has 0 spiro atoms. The molecule has 2 aromatic heterocycles. The van der Waals surface area contributed by atoms with Crippen LogP contribution < -0.4 is 4.74 Å². The first-order valence-corrected chi connectivity index (χ1v) is 10.6. The highest BCUT2D eigenvalue weighted by atomic mass is 35.5. The molecule has 0 unspecified atom stereocenters. The third-order valence-electron chi connectivity index (χ3n) is 4.00. The molecule has 0 aliphatic heterocycles. The molecule has 3 rings (SSSR count). The van der Waals surface area contributed by atoms with Gasteiger partial charge in [0.25, 0.3) is 0 Å². The Kier molecular flexibility index (Phi) is 5.95. The summed E-state index contributed by atoms with van der Waals surface area (Å²) in [6, 6.07) is 4.26. The first-order chi connectivity index (χ1) is 13.3. The number of pyridine rings is 1. The fraction of sp³-hybridized carbons (Fsp3) is 0.278. The number of nitrogens with zero attached hydrogens (tertiary/aromatic N) is 4. The lowest BCUT2D eigenvalue weighted by molar-refractivity contribution is 0.413. The SMILES string of the molecule is CCCS(=O)(=O)Cc1ccc(F)c(-n2cc(-c3cncc(OC)c3)nn2)c1Cl. The Morgan fingerprint density at radius 2 is 2.07 bits per heavy atom. The van der Waals surface area contributed by atoms with Gasteiger partial charge in [0, 0.05) is 11.8 Å². The molecule has 0 bridgehead atoms. The van der Waals surface area contributed by atoms with Gasteiger partial charge in [-0.25, -0.2) is 17.5 Å². The fourth-order valence-electron chi connectivity index (χ4n) is 2.70. The molecule has 2 heterocycles.